The second-order valence-corrected chi connectivity index (χ2v) is 5.59. The maximum atomic E-state index is 12.0. The van der Waals surface area contributed by atoms with Gasteiger partial charge in [-0.1, -0.05) is 23.7 Å². The van der Waals surface area contributed by atoms with Crippen LogP contribution in [-0.2, 0) is 6.61 Å². The molecule has 0 saturated heterocycles. The molecule has 0 saturated carbocycles. The Morgan fingerprint density at radius 1 is 1.21 bits per heavy atom. The summed E-state index contributed by atoms with van der Waals surface area (Å²) in [6, 6.07) is 12.2. The summed E-state index contributed by atoms with van der Waals surface area (Å²) in [6.45, 7) is -0.0369. The lowest BCUT2D eigenvalue weighted by Gasteiger charge is -2.08. The van der Waals surface area contributed by atoms with Crippen molar-refractivity contribution in [2.75, 3.05) is 5.32 Å². The van der Waals surface area contributed by atoms with Crippen molar-refractivity contribution in [3.05, 3.63) is 62.2 Å². The second kappa shape index (κ2) is 6.36. The highest BCUT2D eigenvalue weighted by Crippen LogP contribution is 2.24. The Hall–Kier alpha value is -1.11. The van der Waals surface area contributed by atoms with Gasteiger partial charge in [0.2, 0.25) is 0 Å². The maximum absolute atomic E-state index is 12.0. The zero-order chi connectivity index (χ0) is 13.8. The maximum Gasteiger partial charge on any atom is 0.255 e. The summed E-state index contributed by atoms with van der Waals surface area (Å²) in [5.41, 5.74) is 1.87. The highest BCUT2D eigenvalue weighted by atomic mass is 127. The van der Waals surface area contributed by atoms with E-state index in [0.29, 0.717) is 16.3 Å². The number of hydrogen-bond acceptors (Lipinski definition) is 2. The van der Waals surface area contributed by atoms with Gasteiger partial charge in [0.15, 0.2) is 0 Å². The van der Waals surface area contributed by atoms with Crippen LogP contribution in [0.1, 0.15) is 15.9 Å². The molecule has 2 N–H and O–H groups in total. The van der Waals surface area contributed by atoms with Gasteiger partial charge in [0.05, 0.1) is 17.3 Å². The van der Waals surface area contributed by atoms with Crippen LogP contribution < -0.4 is 5.32 Å². The number of carbonyl (C=O) groups excluding carboxylic acids is 1. The third kappa shape index (κ3) is 3.68. The Kier molecular flexibility index (Phi) is 4.79. The van der Waals surface area contributed by atoms with Crippen molar-refractivity contribution in [2.45, 2.75) is 6.61 Å². The third-order valence-electron chi connectivity index (χ3n) is 2.58. The molecule has 2 aromatic rings. The van der Waals surface area contributed by atoms with Crippen LogP contribution in [0.2, 0.25) is 5.02 Å². The van der Waals surface area contributed by atoms with Gasteiger partial charge in [-0.2, -0.15) is 0 Å². The Morgan fingerprint density at radius 2 is 1.89 bits per heavy atom. The molecule has 0 aromatic heterocycles. The van der Waals surface area contributed by atoms with Gasteiger partial charge >= 0.3 is 0 Å². The molecule has 0 aliphatic rings. The number of amides is 1. The lowest BCUT2D eigenvalue weighted by atomic mass is 10.1. The van der Waals surface area contributed by atoms with Crippen LogP contribution in [0.5, 0.6) is 0 Å². The van der Waals surface area contributed by atoms with Crippen LogP contribution in [0.15, 0.2) is 42.5 Å². The highest BCUT2D eigenvalue weighted by molar-refractivity contribution is 14.1. The minimum atomic E-state index is -0.229. The molecular weight excluding hydrogens is 377 g/mol. The fraction of sp³-hybridized carbons (Fsp3) is 0.0714. The van der Waals surface area contributed by atoms with Crippen molar-refractivity contribution in [1.82, 2.24) is 0 Å². The van der Waals surface area contributed by atoms with Crippen molar-refractivity contribution in [2.24, 2.45) is 0 Å². The number of aliphatic hydroxyl groups is 1. The van der Waals surface area contributed by atoms with Gasteiger partial charge in [-0.05, 0) is 58.5 Å². The molecule has 1 amide bonds. The summed E-state index contributed by atoms with van der Waals surface area (Å²) in [7, 11) is 0. The van der Waals surface area contributed by atoms with Crippen LogP contribution in [0.4, 0.5) is 5.69 Å². The van der Waals surface area contributed by atoms with E-state index in [9.17, 15) is 4.79 Å². The van der Waals surface area contributed by atoms with Gasteiger partial charge in [-0.25, -0.2) is 0 Å². The van der Waals surface area contributed by atoms with E-state index in [-0.39, 0.29) is 12.5 Å². The van der Waals surface area contributed by atoms with Gasteiger partial charge in [0, 0.05) is 9.13 Å². The zero-order valence-corrected chi connectivity index (χ0v) is 12.8. The molecule has 5 heteroatoms. The molecule has 2 rings (SSSR count). The number of anilines is 1. The predicted molar refractivity (Wildman–Crippen MR) is 84.5 cm³/mol. The summed E-state index contributed by atoms with van der Waals surface area (Å²) >= 11 is 8.21. The predicted octanol–water partition coefficient (Wildman–Crippen LogP) is 3.69. The van der Waals surface area contributed by atoms with Gasteiger partial charge in [0.25, 0.3) is 5.91 Å². The van der Waals surface area contributed by atoms with Gasteiger partial charge < -0.3 is 10.4 Å². The average Bonchev–Trinajstić information content (AvgIpc) is 2.42. The Morgan fingerprint density at radius 3 is 2.47 bits per heavy atom. The summed E-state index contributed by atoms with van der Waals surface area (Å²) in [4.78, 5) is 12.0. The number of carbonyl (C=O) groups is 1. The Bertz CT molecular complexity index is 599. The molecule has 0 aliphatic heterocycles. The molecule has 0 radical (unpaired) electrons. The standard InChI is InChI=1S/C14H11ClINO2/c15-12-7-11(16)5-6-13(12)17-14(19)10-3-1-9(8-18)2-4-10/h1-7,18H,8H2,(H,17,19). The van der Waals surface area contributed by atoms with E-state index in [1.165, 1.54) is 0 Å². The molecule has 0 fully saturated rings. The van der Waals surface area contributed by atoms with Crippen molar-refractivity contribution in [1.29, 1.82) is 0 Å². The summed E-state index contributed by atoms with van der Waals surface area (Å²) < 4.78 is 1.01. The van der Waals surface area contributed by atoms with E-state index in [4.69, 9.17) is 16.7 Å². The lowest BCUT2D eigenvalue weighted by Crippen LogP contribution is -2.12. The monoisotopic (exact) mass is 387 g/mol. The quantitative estimate of drug-likeness (QED) is 0.789. The van der Waals surface area contributed by atoms with Crippen LogP contribution in [0, 0.1) is 3.57 Å². The first kappa shape index (κ1) is 14.3. The van der Waals surface area contributed by atoms with Gasteiger partial charge in [-0.15, -0.1) is 0 Å². The van der Waals surface area contributed by atoms with Crippen molar-refractivity contribution in [3.8, 4) is 0 Å². The van der Waals surface area contributed by atoms with Crippen LogP contribution in [0.25, 0.3) is 0 Å². The van der Waals surface area contributed by atoms with E-state index in [0.717, 1.165) is 9.13 Å². The number of nitrogens with one attached hydrogen (secondary N) is 1. The molecule has 0 spiro atoms. The second-order valence-electron chi connectivity index (χ2n) is 3.93. The minimum absolute atomic E-state index is 0.0369. The Labute approximate surface area is 129 Å². The van der Waals surface area contributed by atoms with Gasteiger partial charge in [0.1, 0.15) is 0 Å². The summed E-state index contributed by atoms with van der Waals surface area (Å²) in [6.07, 6.45) is 0. The number of benzene rings is 2. The zero-order valence-electron chi connectivity index (χ0n) is 9.86. The molecule has 0 aliphatic carbocycles. The Balaban J connectivity index is 2.15. The third-order valence-corrected chi connectivity index (χ3v) is 3.56. The largest absolute Gasteiger partial charge is 0.392 e. The fourth-order valence-electron chi connectivity index (χ4n) is 1.55. The molecule has 0 atom stereocenters. The number of halogens is 2. The SMILES string of the molecule is O=C(Nc1ccc(I)cc1Cl)c1ccc(CO)cc1. The molecular formula is C14H11ClINO2. The molecule has 0 heterocycles. The van der Waals surface area contributed by atoms with Crippen molar-refractivity contribution in [3.63, 3.8) is 0 Å². The topological polar surface area (TPSA) is 49.3 Å². The van der Waals surface area contributed by atoms with Crippen molar-refractivity contribution >= 4 is 45.8 Å². The molecule has 0 bridgehead atoms. The highest BCUT2D eigenvalue weighted by Gasteiger charge is 2.08. The minimum Gasteiger partial charge on any atom is -0.392 e. The van der Waals surface area contributed by atoms with E-state index in [2.05, 4.69) is 27.9 Å². The van der Waals surface area contributed by atoms with E-state index < -0.39 is 0 Å². The van der Waals surface area contributed by atoms with Gasteiger partial charge in [-0.3, -0.25) is 4.79 Å². The average molecular weight is 388 g/mol. The first-order chi connectivity index (χ1) is 9.10. The first-order valence-electron chi connectivity index (χ1n) is 5.56. The first-order valence-corrected chi connectivity index (χ1v) is 7.02. The summed E-state index contributed by atoms with van der Waals surface area (Å²) in [5.74, 6) is -0.229. The molecule has 19 heavy (non-hydrogen) atoms. The fourth-order valence-corrected chi connectivity index (χ4v) is 2.45. The summed E-state index contributed by atoms with van der Waals surface area (Å²) in [5, 5.41) is 12.2. The van der Waals surface area contributed by atoms with Crippen LogP contribution in [-0.4, -0.2) is 11.0 Å². The number of rotatable bonds is 3. The van der Waals surface area contributed by atoms with Crippen LogP contribution in [0.3, 0.4) is 0 Å². The lowest BCUT2D eigenvalue weighted by molar-refractivity contribution is 0.102. The molecule has 98 valence electrons. The molecule has 0 unspecified atom stereocenters. The number of hydrogen-bond donors (Lipinski definition) is 2. The van der Waals surface area contributed by atoms with E-state index >= 15 is 0 Å². The number of aliphatic hydroxyl groups excluding tert-OH is 1. The van der Waals surface area contributed by atoms with E-state index in [1.807, 2.05) is 6.07 Å². The van der Waals surface area contributed by atoms with Crippen LogP contribution >= 0.6 is 34.2 Å². The van der Waals surface area contributed by atoms with E-state index in [1.54, 1.807) is 36.4 Å². The normalized spacial score (nSPS) is 10.3. The molecule has 2 aromatic carbocycles. The molecule has 3 nitrogen and oxygen atoms in total. The van der Waals surface area contributed by atoms with Crippen molar-refractivity contribution < 1.29 is 9.90 Å². The smallest absolute Gasteiger partial charge is 0.255 e.